The molecule has 1 unspecified atom stereocenters. The maximum absolute atomic E-state index is 13.3. The Morgan fingerprint density at radius 3 is 2.58 bits per heavy atom. The smallest absolute Gasteiger partial charge is 0.416 e. The third-order valence-corrected chi connectivity index (χ3v) is 4.80. The van der Waals surface area contributed by atoms with Crippen LogP contribution < -0.4 is 4.74 Å². The normalized spacial score (nSPS) is 16.9. The van der Waals surface area contributed by atoms with Crippen LogP contribution in [0, 0.1) is 17.2 Å². The minimum Gasteiger partial charge on any atom is -0.490 e. The van der Waals surface area contributed by atoms with Gasteiger partial charge in [-0.25, -0.2) is 0 Å². The lowest BCUT2D eigenvalue weighted by molar-refractivity contribution is -0.137. The number of hydrogen-bond donors (Lipinski definition) is 1. The average molecular weight is 364 g/mol. The van der Waals surface area contributed by atoms with E-state index in [4.69, 9.17) is 10.00 Å². The number of aromatic amines is 1. The van der Waals surface area contributed by atoms with Crippen LogP contribution in [0.15, 0.2) is 18.2 Å². The van der Waals surface area contributed by atoms with Crippen molar-refractivity contribution in [3.05, 3.63) is 29.5 Å². The molecule has 138 valence electrons. The van der Waals surface area contributed by atoms with Gasteiger partial charge in [0.2, 0.25) is 0 Å². The molecule has 3 rings (SSSR count). The van der Waals surface area contributed by atoms with E-state index in [1.54, 1.807) is 0 Å². The van der Waals surface area contributed by atoms with Gasteiger partial charge >= 0.3 is 6.18 Å². The standard InChI is InChI=1S/C18H19F3N4O/c1-11(12-5-3-2-4-6-12)26-15-8-13(7-14(9-15)18(19,20)21)17-16(10-22)23-25-24-17/h7-9,11-12H,2-6H2,1H3,(H,23,24,25). The number of aromatic nitrogens is 3. The lowest BCUT2D eigenvalue weighted by atomic mass is 9.86. The van der Waals surface area contributed by atoms with Crippen LogP contribution >= 0.6 is 0 Å². The first-order chi connectivity index (χ1) is 12.4. The summed E-state index contributed by atoms with van der Waals surface area (Å²) < 4.78 is 45.8. The number of H-pyrrole nitrogens is 1. The monoisotopic (exact) mass is 364 g/mol. The number of alkyl halides is 3. The molecule has 0 amide bonds. The Kier molecular flexibility index (Phi) is 5.16. The van der Waals surface area contributed by atoms with Crippen LogP contribution in [0.25, 0.3) is 11.3 Å². The Bertz CT molecular complexity index is 803. The van der Waals surface area contributed by atoms with Crippen molar-refractivity contribution in [2.24, 2.45) is 5.92 Å². The summed E-state index contributed by atoms with van der Waals surface area (Å²) in [6.07, 6.45) is 0.773. The van der Waals surface area contributed by atoms with Gasteiger partial charge in [-0.1, -0.05) is 19.3 Å². The first-order valence-electron chi connectivity index (χ1n) is 8.58. The second-order valence-electron chi connectivity index (χ2n) is 6.60. The molecule has 8 heteroatoms. The zero-order chi connectivity index (χ0) is 18.7. The van der Waals surface area contributed by atoms with Gasteiger partial charge < -0.3 is 4.74 Å². The zero-order valence-electron chi connectivity index (χ0n) is 14.3. The third kappa shape index (κ3) is 3.98. The molecule has 1 aromatic carbocycles. The molecule has 5 nitrogen and oxygen atoms in total. The molecule has 0 saturated heterocycles. The Morgan fingerprint density at radius 1 is 1.19 bits per heavy atom. The van der Waals surface area contributed by atoms with E-state index in [9.17, 15) is 13.2 Å². The first-order valence-corrected chi connectivity index (χ1v) is 8.58. The number of nitrogens with zero attached hydrogens (tertiary/aromatic N) is 3. The van der Waals surface area contributed by atoms with Crippen LogP contribution in [0.4, 0.5) is 13.2 Å². The van der Waals surface area contributed by atoms with Crippen molar-refractivity contribution in [1.29, 1.82) is 5.26 Å². The van der Waals surface area contributed by atoms with Crippen LogP contribution in [0.2, 0.25) is 0 Å². The first kappa shape index (κ1) is 18.2. The lowest BCUT2D eigenvalue weighted by Gasteiger charge is -2.28. The second-order valence-corrected chi connectivity index (χ2v) is 6.60. The molecular weight excluding hydrogens is 345 g/mol. The van der Waals surface area contributed by atoms with Crippen molar-refractivity contribution >= 4 is 0 Å². The van der Waals surface area contributed by atoms with Crippen LogP contribution in [-0.4, -0.2) is 21.5 Å². The molecule has 1 N–H and O–H groups in total. The number of halogens is 3. The Morgan fingerprint density at radius 2 is 1.92 bits per heavy atom. The average Bonchev–Trinajstić information content (AvgIpc) is 3.10. The Labute approximate surface area is 149 Å². The Balaban J connectivity index is 1.94. The fourth-order valence-electron chi connectivity index (χ4n) is 3.39. The fourth-order valence-corrected chi connectivity index (χ4v) is 3.39. The highest BCUT2D eigenvalue weighted by Crippen LogP contribution is 2.37. The minimum absolute atomic E-state index is 0.0596. The van der Waals surface area contributed by atoms with E-state index in [2.05, 4.69) is 15.4 Å². The highest BCUT2D eigenvalue weighted by Gasteiger charge is 2.32. The van der Waals surface area contributed by atoms with Gasteiger partial charge in [-0.05, 0) is 43.9 Å². The van der Waals surface area contributed by atoms with E-state index in [1.165, 1.54) is 12.5 Å². The number of nitriles is 1. The summed E-state index contributed by atoms with van der Waals surface area (Å²) in [5.41, 5.74) is -0.673. The molecular formula is C18H19F3N4O. The second kappa shape index (κ2) is 7.36. The summed E-state index contributed by atoms with van der Waals surface area (Å²) in [4.78, 5) is 0. The van der Waals surface area contributed by atoms with E-state index in [1.807, 2.05) is 13.0 Å². The van der Waals surface area contributed by atoms with E-state index in [0.717, 1.165) is 37.8 Å². The van der Waals surface area contributed by atoms with Gasteiger partial charge in [0, 0.05) is 5.56 Å². The summed E-state index contributed by atoms with van der Waals surface area (Å²) in [6, 6.07) is 5.25. The van der Waals surface area contributed by atoms with Gasteiger partial charge in [0.05, 0.1) is 11.7 Å². The van der Waals surface area contributed by atoms with Crippen molar-refractivity contribution in [2.45, 2.75) is 51.3 Å². The van der Waals surface area contributed by atoms with Gasteiger partial charge in [-0.15, -0.1) is 5.10 Å². The lowest BCUT2D eigenvalue weighted by Crippen LogP contribution is -2.25. The summed E-state index contributed by atoms with van der Waals surface area (Å²) in [5, 5.41) is 18.8. The molecule has 0 spiro atoms. The molecule has 1 heterocycles. The number of benzene rings is 1. The van der Waals surface area contributed by atoms with E-state index >= 15 is 0 Å². The number of hydrogen-bond acceptors (Lipinski definition) is 4. The van der Waals surface area contributed by atoms with Gasteiger partial charge in [-0.3, -0.25) is 0 Å². The minimum atomic E-state index is -4.53. The molecule has 1 aromatic heterocycles. The summed E-state index contributed by atoms with van der Waals surface area (Å²) in [6.45, 7) is 1.90. The van der Waals surface area contributed by atoms with Crippen LogP contribution in [0.5, 0.6) is 5.75 Å². The summed E-state index contributed by atoms with van der Waals surface area (Å²) in [5.74, 6) is 0.461. The van der Waals surface area contributed by atoms with Gasteiger partial charge in [0.15, 0.2) is 5.69 Å². The Hall–Kier alpha value is -2.56. The maximum atomic E-state index is 13.3. The molecule has 1 aliphatic carbocycles. The predicted octanol–water partition coefficient (Wildman–Crippen LogP) is 4.71. The van der Waals surface area contributed by atoms with Crippen molar-refractivity contribution in [3.8, 4) is 23.1 Å². The molecule has 0 aliphatic heterocycles. The van der Waals surface area contributed by atoms with Crippen molar-refractivity contribution < 1.29 is 17.9 Å². The van der Waals surface area contributed by atoms with Crippen molar-refractivity contribution in [1.82, 2.24) is 15.4 Å². The van der Waals surface area contributed by atoms with E-state index in [-0.39, 0.29) is 28.8 Å². The number of rotatable bonds is 4. The largest absolute Gasteiger partial charge is 0.490 e. The number of ether oxygens (including phenoxy) is 1. The summed E-state index contributed by atoms with van der Waals surface area (Å²) in [7, 11) is 0. The quantitative estimate of drug-likeness (QED) is 0.852. The molecule has 1 fully saturated rings. The SMILES string of the molecule is CC(Oc1cc(-c2n[nH]nc2C#N)cc(C(F)(F)F)c1)C1CCCCC1. The van der Waals surface area contributed by atoms with Gasteiger partial charge in [0.25, 0.3) is 0 Å². The maximum Gasteiger partial charge on any atom is 0.416 e. The van der Waals surface area contributed by atoms with Crippen LogP contribution in [-0.2, 0) is 6.18 Å². The van der Waals surface area contributed by atoms with Crippen molar-refractivity contribution in [3.63, 3.8) is 0 Å². The third-order valence-electron chi connectivity index (χ3n) is 4.80. The van der Waals surface area contributed by atoms with Crippen LogP contribution in [0.3, 0.4) is 0 Å². The van der Waals surface area contributed by atoms with Gasteiger partial charge in [0.1, 0.15) is 17.5 Å². The molecule has 0 bridgehead atoms. The van der Waals surface area contributed by atoms with Gasteiger partial charge in [-0.2, -0.15) is 28.7 Å². The van der Waals surface area contributed by atoms with E-state index < -0.39 is 11.7 Å². The number of nitrogens with one attached hydrogen (secondary N) is 1. The van der Waals surface area contributed by atoms with Crippen molar-refractivity contribution in [2.75, 3.05) is 0 Å². The molecule has 1 atom stereocenters. The zero-order valence-corrected chi connectivity index (χ0v) is 14.3. The molecule has 0 radical (unpaired) electrons. The molecule has 1 aliphatic rings. The highest BCUT2D eigenvalue weighted by molar-refractivity contribution is 5.67. The van der Waals surface area contributed by atoms with Crippen LogP contribution in [0.1, 0.15) is 50.3 Å². The molecule has 1 saturated carbocycles. The molecule has 26 heavy (non-hydrogen) atoms. The summed E-state index contributed by atoms with van der Waals surface area (Å²) >= 11 is 0. The fraction of sp³-hybridized carbons (Fsp3) is 0.500. The topological polar surface area (TPSA) is 74.6 Å². The van der Waals surface area contributed by atoms with E-state index in [0.29, 0.717) is 5.92 Å². The predicted molar refractivity (Wildman–Crippen MR) is 88.2 cm³/mol. The molecule has 2 aromatic rings. The highest BCUT2D eigenvalue weighted by atomic mass is 19.4.